The summed E-state index contributed by atoms with van der Waals surface area (Å²) in [5.41, 5.74) is 1.28. The van der Waals surface area contributed by atoms with E-state index in [4.69, 9.17) is 9.47 Å². The average molecular weight is 438 g/mol. The highest BCUT2D eigenvalue weighted by Crippen LogP contribution is 2.46. The minimum atomic E-state index is -1.08. The highest BCUT2D eigenvalue weighted by atomic mass is 16.5. The molecule has 0 spiro atoms. The minimum absolute atomic E-state index is 0.131. The monoisotopic (exact) mass is 437 g/mol. The van der Waals surface area contributed by atoms with Crippen molar-refractivity contribution >= 4 is 5.91 Å². The molecule has 6 heteroatoms. The van der Waals surface area contributed by atoms with Crippen molar-refractivity contribution in [1.29, 1.82) is 0 Å². The van der Waals surface area contributed by atoms with Crippen LogP contribution in [0.15, 0.2) is 48.5 Å². The number of aliphatic hydroxyl groups is 2. The Balaban J connectivity index is 1.84. The Morgan fingerprint density at radius 3 is 2.53 bits per heavy atom. The number of carbonyl (C=O) groups excluding carboxylic acids is 1. The number of hydrogen-bond donors (Lipinski definition) is 2. The van der Waals surface area contributed by atoms with Crippen molar-refractivity contribution in [2.24, 2.45) is 5.41 Å². The van der Waals surface area contributed by atoms with E-state index in [2.05, 4.69) is 11.8 Å². The van der Waals surface area contributed by atoms with Crippen molar-refractivity contribution in [3.05, 3.63) is 59.7 Å². The van der Waals surface area contributed by atoms with E-state index in [-0.39, 0.29) is 18.4 Å². The van der Waals surface area contributed by atoms with Gasteiger partial charge in [0, 0.05) is 30.0 Å². The standard InChI is InChI=1S/C26H31NO5/c1-18(28)25(30)27-16-22(26(3,17-27)19(2)29)21-12-13-23(31-4)24(15-21)32-14-8-11-20-9-6-5-7-10-20/h5-7,9-10,12-13,15,18-19,22,28-29H,14,16-17H2,1-4H3. The molecule has 0 saturated carbocycles. The summed E-state index contributed by atoms with van der Waals surface area (Å²) in [5.74, 6) is 6.75. The van der Waals surface area contributed by atoms with Crippen LogP contribution in [0.25, 0.3) is 0 Å². The fourth-order valence-electron chi connectivity index (χ4n) is 4.15. The number of ether oxygens (including phenoxy) is 2. The van der Waals surface area contributed by atoms with E-state index in [0.717, 1.165) is 11.1 Å². The summed E-state index contributed by atoms with van der Waals surface area (Å²) in [5, 5.41) is 20.3. The third-order valence-corrected chi connectivity index (χ3v) is 6.25. The quantitative estimate of drug-likeness (QED) is 0.680. The zero-order valence-electron chi connectivity index (χ0n) is 19.0. The molecule has 0 aliphatic carbocycles. The lowest BCUT2D eigenvalue weighted by molar-refractivity contribution is -0.138. The lowest BCUT2D eigenvalue weighted by Crippen LogP contribution is -2.40. The molecule has 1 saturated heterocycles. The van der Waals surface area contributed by atoms with Gasteiger partial charge in [0.25, 0.3) is 5.91 Å². The number of nitrogens with zero attached hydrogens (tertiary/aromatic N) is 1. The topological polar surface area (TPSA) is 79.2 Å². The maximum absolute atomic E-state index is 12.4. The van der Waals surface area contributed by atoms with Gasteiger partial charge >= 0.3 is 0 Å². The Labute approximate surface area is 189 Å². The number of methoxy groups -OCH3 is 1. The predicted molar refractivity (Wildman–Crippen MR) is 123 cm³/mol. The molecule has 6 nitrogen and oxygen atoms in total. The summed E-state index contributed by atoms with van der Waals surface area (Å²) in [6.07, 6.45) is -1.73. The predicted octanol–water partition coefficient (Wildman–Crippen LogP) is 2.82. The van der Waals surface area contributed by atoms with E-state index in [1.165, 1.54) is 6.92 Å². The molecule has 0 radical (unpaired) electrons. The van der Waals surface area contributed by atoms with E-state index in [0.29, 0.717) is 24.6 Å². The maximum atomic E-state index is 12.4. The van der Waals surface area contributed by atoms with Crippen molar-refractivity contribution in [2.45, 2.75) is 38.9 Å². The summed E-state index contributed by atoms with van der Waals surface area (Å²) in [7, 11) is 1.58. The summed E-state index contributed by atoms with van der Waals surface area (Å²) in [6, 6.07) is 15.3. The molecule has 1 aliphatic rings. The van der Waals surface area contributed by atoms with Crippen molar-refractivity contribution in [1.82, 2.24) is 4.90 Å². The molecule has 2 aromatic carbocycles. The third-order valence-electron chi connectivity index (χ3n) is 6.25. The number of likely N-dealkylation sites (tertiary alicyclic amines) is 1. The summed E-state index contributed by atoms with van der Waals surface area (Å²) in [6.45, 7) is 6.14. The Morgan fingerprint density at radius 2 is 1.91 bits per heavy atom. The normalized spacial score (nSPS) is 21.9. The molecule has 4 unspecified atom stereocenters. The molecule has 1 heterocycles. The van der Waals surface area contributed by atoms with Gasteiger partial charge in [-0.1, -0.05) is 43.0 Å². The van der Waals surface area contributed by atoms with Crippen LogP contribution >= 0.6 is 0 Å². The number of rotatable bonds is 6. The van der Waals surface area contributed by atoms with Crippen LogP contribution in [0, 0.1) is 17.3 Å². The summed E-state index contributed by atoms with van der Waals surface area (Å²) >= 11 is 0. The van der Waals surface area contributed by atoms with E-state index in [1.807, 2.05) is 55.5 Å². The smallest absolute Gasteiger partial charge is 0.251 e. The van der Waals surface area contributed by atoms with Crippen LogP contribution in [-0.4, -0.2) is 60.0 Å². The first kappa shape index (κ1) is 23.6. The second-order valence-electron chi connectivity index (χ2n) is 8.50. The van der Waals surface area contributed by atoms with Gasteiger partial charge in [-0.25, -0.2) is 0 Å². The van der Waals surface area contributed by atoms with Crippen LogP contribution in [0.4, 0.5) is 0 Å². The average Bonchev–Trinajstić information content (AvgIpc) is 3.15. The van der Waals surface area contributed by atoms with Crippen LogP contribution in [0.2, 0.25) is 0 Å². The lowest BCUT2D eigenvalue weighted by Gasteiger charge is -2.33. The number of carbonyl (C=O) groups is 1. The summed E-state index contributed by atoms with van der Waals surface area (Å²) < 4.78 is 11.4. The van der Waals surface area contributed by atoms with Gasteiger partial charge in [0.2, 0.25) is 0 Å². The van der Waals surface area contributed by atoms with Gasteiger partial charge in [-0.15, -0.1) is 0 Å². The van der Waals surface area contributed by atoms with Crippen LogP contribution in [-0.2, 0) is 4.79 Å². The zero-order valence-corrected chi connectivity index (χ0v) is 19.0. The Bertz CT molecular complexity index is 992. The highest BCUT2D eigenvalue weighted by Gasteiger charge is 2.48. The van der Waals surface area contributed by atoms with E-state index in [9.17, 15) is 15.0 Å². The van der Waals surface area contributed by atoms with E-state index >= 15 is 0 Å². The number of hydrogen-bond acceptors (Lipinski definition) is 5. The van der Waals surface area contributed by atoms with Gasteiger partial charge in [0.05, 0.1) is 13.2 Å². The van der Waals surface area contributed by atoms with Crippen molar-refractivity contribution < 1.29 is 24.5 Å². The molecule has 3 rings (SSSR count). The highest BCUT2D eigenvalue weighted by molar-refractivity contribution is 5.80. The second-order valence-corrected chi connectivity index (χ2v) is 8.50. The van der Waals surface area contributed by atoms with Gasteiger partial charge in [-0.2, -0.15) is 0 Å². The fourth-order valence-corrected chi connectivity index (χ4v) is 4.15. The van der Waals surface area contributed by atoms with Crippen LogP contribution in [0.5, 0.6) is 11.5 Å². The zero-order chi connectivity index (χ0) is 23.3. The van der Waals surface area contributed by atoms with Gasteiger partial charge < -0.3 is 24.6 Å². The first-order valence-corrected chi connectivity index (χ1v) is 10.8. The molecule has 0 aromatic heterocycles. The van der Waals surface area contributed by atoms with Gasteiger partial charge in [0.1, 0.15) is 12.7 Å². The molecular weight excluding hydrogens is 406 g/mol. The van der Waals surface area contributed by atoms with E-state index < -0.39 is 17.6 Å². The van der Waals surface area contributed by atoms with Crippen molar-refractivity contribution in [3.8, 4) is 23.3 Å². The molecule has 1 fully saturated rings. The number of benzene rings is 2. The van der Waals surface area contributed by atoms with Gasteiger partial charge in [-0.05, 0) is 43.7 Å². The van der Waals surface area contributed by atoms with Crippen LogP contribution in [0.1, 0.15) is 37.8 Å². The molecule has 1 aliphatic heterocycles. The van der Waals surface area contributed by atoms with Crippen LogP contribution < -0.4 is 9.47 Å². The second kappa shape index (κ2) is 10.1. The SMILES string of the molecule is COc1ccc(C2CN(C(=O)C(C)O)CC2(C)C(C)O)cc1OCC#Cc1ccccc1. The lowest BCUT2D eigenvalue weighted by atomic mass is 9.72. The summed E-state index contributed by atoms with van der Waals surface area (Å²) in [4.78, 5) is 14.0. The molecule has 170 valence electrons. The van der Waals surface area contributed by atoms with E-state index in [1.54, 1.807) is 18.9 Å². The fraction of sp³-hybridized carbons (Fsp3) is 0.423. The van der Waals surface area contributed by atoms with Gasteiger partial charge in [-0.3, -0.25) is 4.79 Å². The Hall–Kier alpha value is -3.01. The van der Waals surface area contributed by atoms with Gasteiger partial charge in [0.15, 0.2) is 11.5 Å². The largest absolute Gasteiger partial charge is 0.493 e. The molecular formula is C26H31NO5. The molecule has 2 N–H and O–H groups in total. The molecule has 1 amide bonds. The molecule has 2 aromatic rings. The molecule has 0 bridgehead atoms. The van der Waals surface area contributed by atoms with Crippen molar-refractivity contribution in [3.63, 3.8) is 0 Å². The molecule has 32 heavy (non-hydrogen) atoms. The Kier molecular flexibility index (Phi) is 7.44. The minimum Gasteiger partial charge on any atom is -0.493 e. The first-order valence-electron chi connectivity index (χ1n) is 10.8. The Morgan fingerprint density at radius 1 is 1.19 bits per heavy atom. The first-order chi connectivity index (χ1) is 15.3. The third kappa shape index (κ3) is 5.07. The molecule has 4 atom stereocenters. The van der Waals surface area contributed by atoms with Crippen molar-refractivity contribution in [2.75, 3.05) is 26.8 Å². The number of amides is 1. The maximum Gasteiger partial charge on any atom is 0.251 e. The van der Waals surface area contributed by atoms with Crippen LogP contribution in [0.3, 0.4) is 0 Å². The number of aliphatic hydroxyl groups excluding tert-OH is 2.